The quantitative estimate of drug-likeness (QED) is 0.545. The van der Waals surface area contributed by atoms with Crippen molar-refractivity contribution in [2.24, 2.45) is 10.3 Å². The van der Waals surface area contributed by atoms with Crippen molar-refractivity contribution in [1.29, 1.82) is 0 Å². The molecule has 0 heterocycles. The molecule has 0 aromatic heterocycles. The highest BCUT2D eigenvalue weighted by Crippen LogP contribution is 1.88. The Labute approximate surface area is 65.7 Å². The fraction of sp³-hybridized carbons (Fsp3) is 1.00. The first-order valence-electron chi connectivity index (χ1n) is 2.72. The van der Waals surface area contributed by atoms with Gasteiger partial charge in [0.25, 0.3) is 0 Å². The van der Waals surface area contributed by atoms with Crippen molar-refractivity contribution in [1.82, 2.24) is 0 Å². The molecule has 0 amide bonds. The monoisotopic (exact) mass is 202 g/mol. The summed E-state index contributed by atoms with van der Waals surface area (Å²) < 4.78 is 41.0. The molecule has 0 bridgehead atoms. The van der Waals surface area contributed by atoms with Gasteiger partial charge in [0.1, 0.15) is 0 Å². The van der Waals surface area contributed by atoms with E-state index in [1.54, 1.807) is 0 Å². The molecule has 0 aromatic rings. The summed E-state index contributed by atoms with van der Waals surface area (Å²) in [5, 5.41) is 9.20. The van der Waals surface area contributed by atoms with Gasteiger partial charge in [-0.05, 0) is 6.42 Å². The van der Waals surface area contributed by atoms with Gasteiger partial charge in [0.15, 0.2) is 0 Å². The lowest BCUT2D eigenvalue weighted by Gasteiger charge is -1.95. The van der Waals surface area contributed by atoms with Crippen LogP contribution in [0.5, 0.6) is 0 Å². The SMILES string of the molecule is NS(=O)(=O)CCCS(N)(=O)=O. The molecule has 0 aliphatic heterocycles. The van der Waals surface area contributed by atoms with E-state index >= 15 is 0 Å². The summed E-state index contributed by atoms with van der Waals surface area (Å²) in [5.41, 5.74) is 0. The average Bonchev–Trinajstić information content (AvgIpc) is 1.55. The number of rotatable bonds is 4. The lowest BCUT2D eigenvalue weighted by Crippen LogP contribution is -2.22. The van der Waals surface area contributed by atoms with Crippen LogP contribution in [-0.4, -0.2) is 28.3 Å². The van der Waals surface area contributed by atoms with Crippen molar-refractivity contribution in [3.8, 4) is 0 Å². The van der Waals surface area contributed by atoms with Crippen LogP contribution < -0.4 is 10.3 Å². The fourth-order valence-corrected chi connectivity index (χ4v) is 1.74. The third-order valence-electron chi connectivity index (χ3n) is 0.858. The standard InChI is InChI=1S/C3H10N2O4S2/c4-10(6,7)2-1-3-11(5,8)9/h1-3H2,(H2,4,6,7)(H2,5,8,9). The van der Waals surface area contributed by atoms with E-state index in [2.05, 4.69) is 10.3 Å². The Hall–Kier alpha value is -0.180. The van der Waals surface area contributed by atoms with Gasteiger partial charge < -0.3 is 0 Å². The highest BCUT2D eigenvalue weighted by molar-refractivity contribution is 7.90. The first kappa shape index (κ1) is 10.8. The van der Waals surface area contributed by atoms with E-state index in [4.69, 9.17) is 0 Å². The molecule has 0 radical (unpaired) electrons. The van der Waals surface area contributed by atoms with Gasteiger partial charge in [-0.25, -0.2) is 27.1 Å². The minimum Gasteiger partial charge on any atom is -0.229 e. The normalized spacial score (nSPS) is 13.3. The number of sulfonamides is 2. The molecule has 0 rings (SSSR count). The molecule has 0 unspecified atom stereocenters. The van der Waals surface area contributed by atoms with Gasteiger partial charge in [0, 0.05) is 0 Å². The van der Waals surface area contributed by atoms with E-state index < -0.39 is 20.0 Å². The van der Waals surface area contributed by atoms with Crippen LogP contribution in [0.4, 0.5) is 0 Å². The summed E-state index contributed by atoms with van der Waals surface area (Å²) in [4.78, 5) is 0. The van der Waals surface area contributed by atoms with E-state index in [-0.39, 0.29) is 17.9 Å². The molecule has 0 saturated heterocycles. The second kappa shape index (κ2) is 3.48. The van der Waals surface area contributed by atoms with Gasteiger partial charge in [0.05, 0.1) is 11.5 Å². The maximum absolute atomic E-state index is 10.3. The second-order valence-corrected chi connectivity index (χ2v) is 5.56. The summed E-state index contributed by atoms with van der Waals surface area (Å²) >= 11 is 0. The third-order valence-corrected chi connectivity index (χ3v) is 2.57. The molecule has 0 atom stereocenters. The van der Waals surface area contributed by atoms with E-state index in [1.165, 1.54) is 0 Å². The summed E-state index contributed by atoms with van der Waals surface area (Å²) in [6.45, 7) is 0. The van der Waals surface area contributed by atoms with Crippen molar-refractivity contribution in [3.63, 3.8) is 0 Å². The van der Waals surface area contributed by atoms with Crippen LogP contribution in [-0.2, 0) is 20.0 Å². The maximum atomic E-state index is 10.3. The molecule has 0 aromatic carbocycles. The molecule has 0 fully saturated rings. The largest absolute Gasteiger partial charge is 0.229 e. The Bertz CT molecular complexity index is 270. The van der Waals surface area contributed by atoms with Gasteiger partial charge in [-0.1, -0.05) is 0 Å². The molecule has 0 aliphatic rings. The molecular formula is C3H10N2O4S2. The predicted octanol–water partition coefficient (Wildman–Crippen LogP) is -2.05. The van der Waals surface area contributed by atoms with Crippen LogP contribution in [0, 0.1) is 0 Å². The van der Waals surface area contributed by atoms with Crippen molar-refractivity contribution in [2.75, 3.05) is 11.5 Å². The number of hydrogen-bond acceptors (Lipinski definition) is 4. The summed E-state index contributed by atoms with van der Waals surface area (Å²) in [6.07, 6.45) is -0.0579. The van der Waals surface area contributed by atoms with Gasteiger partial charge in [-0.15, -0.1) is 0 Å². The fourth-order valence-electron chi connectivity index (χ4n) is 0.461. The minimum absolute atomic E-state index is 0.0579. The smallest absolute Gasteiger partial charge is 0.209 e. The van der Waals surface area contributed by atoms with Crippen LogP contribution in [0.25, 0.3) is 0 Å². The number of hydrogen-bond donors (Lipinski definition) is 2. The Balaban J connectivity index is 3.79. The number of primary sulfonamides is 2. The average molecular weight is 202 g/mol. The van der Waals surface area contributed by atoms with E-state index in [9.17, 15) is 16.8 Å². The van der Waals surface area contributed by atoms with E-state index in [0.29, 0.717) is 0 Å². The van der Waals surface area contributed by atoms with Crippen LogP contribution in [0.3, 0.4) is 0 Å². The molecule has 8 heteroatoms. The van der Waals surface area contributed by atoms with Crippen LogP contribution in [0.1, 0.15) is 6.42 Å². The molecule has 6 nitrogen and oxygen atoms in total. The van der Waals surface area contributed by atoms with Crippen molar-refractivity contribution in [2.45, 2.75) is 6.42 Å². The lowest BCUT2D eigenvalue weighted by molar-refractivity contribution is 0.592. The Morgan fingerprint density at radius 1 is 0.818 bits per heavy atom. The second-order valence-electron chi connectivity index (χ2n) is 2.09. The molecule has 0 aliphatic carbocycles. The molecule has 68 valence electrons. The number of nitrogens with two attached hydrogens (primary N) is 2. The highest BCUT2D eigenvalue weighted by atomic mass is 32.2. The maximum Gasteiger partial charge on any atom is 0.209 e. The summed E-state index contributed by atoms with van der Waals surface area (Å²) in [5.74, 6) is -0.715. The van der Waals surface area contributed by atoms with E-state index in [1.807, 2.05) is 0 Å². The zero-order chi connectivity index (χ0) is 9.12. The highest BCUT2D eigenvalue weighted by Gasteiger charge is 2.06. The zero-order valence-corrected chi connectivity index (χ0v) is 7.36. The van der Waals surface area contributed by atoms with Crippen molar-refractivity contribution >= 4 is 20.0 Å². The van der Waals surface area contributed by atoms with Gasteiger partial charge in [-0.3, -0.25) is 0 Å². The molecule has 0 saturated carbocycles. The van der Waals surface area contributed by atoms with Crippen molar-refractivity contribution < 1.29 is 16.8 Å². The Morgan fingerprint density at radius 2 is 1.09 bits per heavy atom. The molecular weight excluding hydrogens is 192 g/mol. The Kier molecular flexibility index (Phi) is 3.42. The van der Waals surface area contributed by atoms with E-state index in [0.717, 1.165) is 0 Å². The summed E-state index contributed by atoms with van der Waals surface area (Å²) in [7, 11) is -7.13. The Morgan fingerprint density at radius 3 is 1.27 bits per heavy atom. The molecule has 11 heavy (non-hydrogen) atoms. The summed E-state index contributed by atoms with van der Waals surface area (Å²) in [6, 6.07) is 0. The zero-order valence-electron chi connectivity index (χ0n) is 5.73. The van der Waals surface area contributed by atoms with Gasteiger partial charge in [0.2, 0.25) is 20.0 Å². The van der Waals surface area contributed by atoms with Crippen LogP contribution in [0.2, 0.25) is 0 Å². The lowest BCUT2D eigenvalue weighted by atomic mass is 10.6. The molecule has 4 N–H and O–H groups in total. The molecule has 0 spiro atoms. The predicted molar refractivity (Wildman–Crippen MR) is 40.6 cm³/mol. The third kappa shape index (κ3) is 9.82. The van der Waals surface area contributed by atoms with Crippen molar-refractivity contribution in [3.05, 3.63) is 0 Å². The van der Waals surface area contributed by atoms with Gasteiger partial charge >= 0.3 is 0 Å². The van der Waals surface area contributed by atoms with Crippen LogP contribution in [0.15, 0.2) is 0 Å². The first-order chi connectivity index (χ1) is 4.71. The van der Waals surface area contributed by atoms with Gasteiger partial charge in [-0.2, -0.15) is 0 Å². The topological polar surface area (TPSA) is 120 Å². The van der Waals surface area contributed by atoms with Crippen LogP contribution >= 0.6 is 0 Å². The first-order valence-corrected chi connectivity index (χ1v) is 6.15. The minimum atomic E-state index is -3.57.